The minimum absolute atomic E-state index is 0. The maximum Gasteiger partial charge on any atom is 0.248 e. The van der Waals surface area contributed by atoms with E-state index in [9.17, 15) is 4.79 Å². The van der Waals surface area contributed by atoms with Crippen LogP contribution >= 0.6 is 0 Å². The van der Waals surface area contributed by atoms with Gasteiger partial charge in [-0.3, -0.25) is 9.97 Å². The molecule has 10 aromatic carbocycles. The molecule has 0 saturated heterocycles. The van der Waals surface area contributed by atoms with Gasteiger partial charge in [0.1, 0.15) is 0 Å². The van der Waals surface area contributed by atoms with Crippen LogP contribution in [0.15, 0.2) is 255 Å². The fourth-order valence-corrected chi connectivity index (χ4v) is 10.2. The van der Waals surface area contributed by atoms with E-state index in [1.807, 2.05) is 73.4 Å². The van der Waals surface area contributed by atoms with Gasteiger partial charge in [-0.05, 0) is 95.5 Å². The quantitative estimate of drug-likeness (QED) is 0.153. The van der Waals surface area contributed by atoms with Gasteiger partial charge < -0.3 is 14.9 Å². The zero-order chi connectivity index (χ0) is 49.1. The molecule has 0 aliphatic heterocycles. The topological polar surface area (TPSA) is 76.0 Å². The van der Waals surface area contributed by atoms with Gasteiger partial charge in [0, 0.05) is 78.6 Å². The van der Waals surface area contributed by atoms with Crippen molar-refractivity contribution in [2.45, 2.75) is 0 Å². The number of nitrogens with zero attached hydrogens (tertiary/aromatic N) is 3. The number of benzene rings is 10. The zero-order valence-corrected chi connectivity index (χ0v) is 42.2. The molecule has 1 radical (unpaired) electrons. The molecular formula is C68H43IrN3O2-2. The van der Waals surface area contributed by atoms with E-state index >= 15 is 0 Å². The number of rotatable bonds is 8. The molecule has 5 nitrogen and oxygen atoms in total. The predicted molar refractivity (Wildman–Crippen MR) is 299 cm³/mol. The number of carboxylic acids is 1. The Morgan fingerprint density at radius 1 is 0.351 bits per heavy atom. The van der Waals surface area contributed by atoms with Crippen LogP contribution in [-0.2, 0) is 20.1 Å². The van der Waals surface area contributed by atoms with Gasteiger partial charge >= 0.3 is 0 Å². The third kappa shape index (κ3) is 9.05. The number of hydrogen-bond acceptors (Lipinski definition) is 4. The monoisotopic (exact) mass is 1130 g/mol. The molecule has 6 heteroatoms. The number of hydrogen-bond donors (Lipinski definition) is 1. The van der Waals surface area contributed by atoms with Crippen molar-refractivity contribution >= 4 is 49.1 Å². The molecule has 74 heavy (non-hydrogen) atoms. The normalized spacial score (nSPS) is 11.0. The van der Waals surface area contributed by atoms with Crippen molar-refractivity contribution in [1.29, 1.82) is 0 Å². The van der Waals surface area contributed by atoms with Gasteiger partial charge in [0.2, 0.25) is 5.97 Å². The molecule has 3 aromatic heterocycles. The van der Waals surface area contributed by atoms with Crippen LogP contribution in [0.4, 0.5) is 0 Å². The first-order valence-corrected chi connectivity index (χ1v) is 24.1. The Morgan fingerprint density at radius 2 is 0.770 bits per heavy atom. The summed E-state index contributed by atoms with van der Waals surface area (Å²) in [4.78, 5) is 25.3. The molecule has 0 fully saturated rings. The fraction of sp³-hybridized carbons (Fsp3) is 0. The summed E-state index contributed by atoms with van der Waals surface area (Å²) in [5.74, 6) is -0.934. The number of fused-ring (bicyclic) bond motifs is 4. The van der Waals surface area contributed by atoms with Crippen LogP contribution in [0, 0.1) is 12.1 Å². The summed E-state index contributed by atoms with van der Waals surface area (Å²) in [6.07, 6.45) is 9.92. The van der Waals surface area contributed by atoms with Crippen LogP contribution in [0.3, 0.4) is 0 Å². The number of carbonyl (C=O) groups is 1. The minimum Gasteiger partial charge on any atom is -0.521 e. The van der Waals surface area contributed by atoms with E-state index < -0.39 is 5.97 Å². The molecule has 3 heterocycles. The maximum absolute atomic E-state index is 10.8. The van der Waals surface area contributed by atoms with Crippen molar-refractivity contribution in [3.63, 3.8) is 0 Å². The minimum atomic E-state index is -0.934. The molecule has 0 aliphatic rings. The molecule has 0 spiro atoms. The van der Waals surface area contributed by atoms with Crippen molar-refractivity contribution in [3.05, 3.63) is 273 Å². The molecule has 0 amide bonds. The van der Waals surface area contributed by atoms with Crippen LogP contribution in [-0.4, -0.2) is 26.0 Å². The molecule has 0 saturated carbocycles. The summed E-state index contributed by atoms with van der Waals surface area (Å²) in [5, 5.41) is 17.3. The van der Waals surface area contributed by atoms with Gasteiger partial charge in [0.15, 0.2) is 0 Å². The summed E-state index contributed by atoms with van der Waals surface area (Å²) in [6.45, 7) is 0. The second-order valence-corrected chi connectivity index (χ2v) is 17.8. The summed E-state index contributed by atoms with van der Waals surface area (Å²) in [7, 11) is 0. The van der Waals surface area contributed by atoms with Crippen LogP contribution in [0.5, 0.6) is 0 Å². The van der Waals surface area contributed by atoms with Gasteiger partial charge in [-0.1, -0.05) is 181 Å². The SMILES string of the molecule is O=C(O)c1[c-]ccc2ccccc12.[Ir].[c-]1ccccc1-c1ncc(-c2ccccc2-c2cc(-c3ccccc3-c3cncc4ccccc34)cc(-c3ccccc3-c3cncc4ccccc34)c2)c2ccccc12. The van der Waals surface area contributed by atoms with Crippen LogP contribution in [0.1, 0.15) is 10.4 Å². The smallest absolute Gasteiger partial charge is 0.248 e. The molecule has 13 aromatic rings. The molecule has 1 N–H and O–H groups in total. The van der Waals surface area contributed by atoms with Crippen molar-refractivity contribution in [2.75, 3.05) is 0 Å². The number of pyridine rings is 3. The van der Waals surface area contributed by atoms with E-state index in [2.05, 4.69) is 182 Å². The van der Waals surface area contributed by atoms with Crippen molar-refractivity contribution < 1.29 is 30.0 Å². The average molecular weight is 1130 g/mol. The Kier molecular flexibility index (Phi) is 13.3. The average Bonchev–Trinajstić information content (AvgIpc) is 3.47. The molecule has 0 bridgehead atoms. The van der Waals surface area contributed by atoms with E-state index in [1.165, 1.54) is 10.8 Å². The first kappa shape index (κ1) is 47.2. The Labute approximate surface area is 442 Å². The maximum atomic E-state index is 10.8. The molecule has 0 unspecified atom stereocenters. The molecule has 353 valence electrons. The van der Waals surface area contributed by atoms with Crippen molar-refractivity contribution in [1.82, 2.24) is 15.0 Å². The number of carboxylic acid groups (broad SMARTS) is 1. The van der Waals surface area contributed by atoms with E-state index in [-0.39, 0.29) is 25.7 Å². The number of aromatic carboxylic acids is 1. The zero-order valence-electron chi connectivity index (χ0n) is 39.8. The summed E-state index contributed by atoms with van der Waals surface area (Å²) < 4.78 is 0. The first-order valence-electron chi connectivity index (χ1n) is 24.1. The van der Waals surface area contributed by atoms with Crippen LogP contribution < -0.4 is 0 Å². The van der Waals surface area contributed by atoms with Gasteiger partial charge in [0.05, 0.1) is 0 Å². The second kappa shape index (κ2) is 20.9. The Hall–Kier alpha value is -9.19. The second-order valence-electron chi connectivity index (χ2n) is 17.8. The molecule has 0 aliphatic carbocycles. The third-order valence-electron chi connectivity index (χ3n) is 13.5. The molecule has 13 rings (SSSR count). The van der Waals surface area contributed by atoms with E-state index in [0.717, 1.165) is 110 Å². The fourth-order valence-electron chi connectivity index (χ4n) is 10.2. The standard InChI is InChI=1S/C57H36N3.C11H7O2.Ir/c1-2-16-38(17-3-1)57-53-29-15-14-28-52(53)56(37-60-57)51-27-13-10-24-48(51)43-31-41(46-22-8-11-25-49(46)54-35-58-33-39-18-4-6-20-44(39)54)30-42(32-43)47-23-9-12-26-50(47)55-36-59-34-40-19-5-7-21-45(40)55;12-11(13)10-7-3-5-8-4-1-2-6-9(8)10;/h1-16,18-37H;1-6H,(H,12,13);/q2*-1;. The summed E-state index contributed by atoms with van der Waals surface area (Å²) in [5.41, 5.74) is 15.5. The Morgan fingerprint density at radius 3 is 1.27 bits per heavy atom. The van der Waals surface area contributed by atoms with E-state index in [1.54, 1.807) is 12.1 Å². The van der Waals surface area contributed by atoms with Gasteiger partial charge in [-0.2, -0.15) is 0 Å². The Bertz CT molecular complexity index is 4050. The van der Waals surface area contributed by atoms with Crippen molar-refractivity contribution in [2.24, 2.45) is 0 Å². The molecular weight excluding hydrogens is 1080 g/mol. The van der Waals surface area contributed by atoms with Crippen LogP contribution in [0.25, 0.3) is 121 Å². The summed E-state index contributed by atoms with van der Waals surface area (Å²) in [6, 6.07) is 83.8. The van der Waals surface area contributed by atoms with Gasteiger partial charge in [-0.15, -0.1) is 59.5 Å². The largest absolute Gasteiger partial charge is 0.521 e. The summed E-state index contributed by atoms with van der Waals surface area (Å²) >= 11 is 0. The first-order chi connectivity index (χ1) is 36.1. The van der Waals surface area contributed by atoms with Gasteiger partial charge in [-0.25, -0.2) is 0 Å². The predicted octanol–water partition coefficient (Wildman–Crippen LogP) is 17.1. The molecule has 0 atom stereocenters. The van der Waals surface area contributed by atoms with E-state index in [0.29, 0.717) is 0 Å². The van der Waals surface area contributed by atoms with Gasteiger partial charge in [0.25, 0.3) is 0 Å². The Balaban J connectivity index is 0.000000366. The van der Waals surface area contributed by atoms with Crippen molar-refractivity contribution in [3.8, 4) is 78.0 Å². The van der Waals surface area contributed by atoms with E-state index in [4.69, 9.17) is 20.1 Å². The third-order valence-corrected chi connectivity index (χ3v) is 13.5. The number of aromatic nitrogens is 3. The van der Waals surface area contributed by atoms with Crippen LogP contribution in [0.2, 0.25) is 0 Å².